The minimum Gasteiger partial charge on any atom is -0.289 e. The fourth-order valence-corrected chi connectivity index (χ4v) is 1.83. The van der Waals surface area contributed by atoms with Crippen molar-refractivity contribution in [2.45, 2.75) is 26.2 Å². The zero-order valence-electron chi connectivity index (χ0n) is 8.99. The maximum absolute atomic E-state index is 11.6. The molecule has 0 saturated carbocycles. The molecule has 2 aromatic rings. The summed E-state index contributed by atoms with van der Waals surface area (Å²) in [5.41, 5.74) is 1.27. The van der Waals surface area contributed by atoms with E-state index >= 15 is 0 Å². The van der Waals surface area contributed by atoms with Gasteiger partial charge < -0.3 is 0 Å². The van der Waals surface area contributed by atoms with Crippen LogP contribution in [0.3, 0.4) is 0 Å². The SMILES string of the molecule is CCCCc1ccc2cccc([O])c2c1. The third-order valence-corrected chi connectivity index (χ3v) is 2.73. The average Bonchev–Trinajstić information content (AvgIpc) is 2.27. The number of rotatable bonds is 3. The van der Waals surface area contributed by atoms with Crippen molar-refractivity contribution in [2.75, 3.05) is 0 Å². The van der Waals surface area contributed by atoms with E-state index in [1.165, 1.54) is 18.4 Å². The summed E-state index contributed by atoms with van der Waals surface area (Å²) >= 11 is 0. The molecule has 0 aliphatic heterocycles. The monoisotopic (exact) mass is 199 g/mol. The van der Waals surface area contributed by atoms with Crippen molar-refractivity contribution in [3.05, 3.63) is 42.0 Å². The van der Waals surface area contributed by atoms with Gasteiger partial charge in [-0.25, -0.2) is 0 Å². The third kappa shape index (κ3) is 2.12. The van der Waals surface area contributed by atoms with Gasteiger partial charge in [0.25, 0.3) is 0 Å². The van der Waals surface area contributed by atoms with Crippen LogP contribution in [0.15, 0.2) is 36.4 Å². The van der Waals surface area contributed by atoms with Gasteiger partial charge in [-0.15, -0.1) is 0 Å². The summed E-state index contributed by atoms with van der Waals surface area (Å²) in [6.45, 7) is 2.18. The number of unbranched alkanes of at least 4 members (excludes halogenated alkanes) is 1. The van der Waals surface area contributed by atoms with Crippen LogP contribution in [0.2, 0.25) is 0 Å². The molecule has 0 aliphatic carbocycles. The molecule has 1 radical (unpaired) electrons. The van der Waals surface area contributed by atoms with Crippen LogP contribution in [0, 0.1) is 0 Å². The largest absolute Gasteiger partial charge is 0.289 e. The van der Waals surface area contributed by atoms with Crippen LogP contribution in [-0.2, 0) is 11.5 Å². The van der Waals surface area contributed by atoms with Crippen molar-refractivity contribution in [2.24, 2.45) is 0 Å². The molecule has 0 heterocycles. The Labute approximate surface area is 90.4 Å². The number of hydrogen-bond donors (Lipinski definition) is 0. The molecule has 0 atom stereocenters. The second-order valence-electron chi connectivity index (χ2n) is 3.92. The van der Waals surface area contributed by atoms with Crippen LogP contribution in [-0.4, -0.2) is 0 Å². The smallest absolute Gasteiger partial charge is 0.186 e. The van der Waals surface area contributed by atoms with Gasteiger partial charge in [0, 0.05) is 5.39 Å². The predicted molar refractivity (Wildman–Crippen MR) is 62.7 cm³/mol. The zero-order valence-corrected chi connectivity index (χ0v) is 8.99. The maximum atomic E-state index is 11.6. The highest BCUT2D eigenvalue weighted by molar-refractivity contribution is 5.88. The first-order valence-electron chi connectivity index (χ1n) is 5.50. The molecule has 2 aromatic carbocycles. The first kappa shape index (κ1) is 10.0. The van der Waals surface area contributed by atoms with E-state index < -0.39 is 0 Å². The fraction of sp³-hybridized carbons (Fsp3) is 0.286. The molecule has 0 N–H and O–H groups in total. The van der Waals surface area contributed by atoms with E-state index in [-0.39, 0.29) is 5.75 Å². The molecule has 0 aromatic heterocycles. The van der Waals surface area contributed by atoms with Gasteiger partial charge in [-0.05, 0) is 35.9 Å². The van der Waals surface area contributed by atoms with Crippen LogP contribution >= 0.6 is 0 Å². The van der Waals surface area contributed by atoms with Gasteiger partial charge >= 0.3 is 0 Å². The predicted octanol–water partition coefficient (Wildman–Crippen LogP) is 4.33. The molecule has 2 rings (SSSR count). The molecule has 0 bridgehead atoms. The molecular weight excluding hydrogens is 184 g/mol. The molecule has 1 nitrogen and oxygen atoms in total. The summed E-state index contributed by atoms with van der Waals surface area (Å²) in [6, 6.07) is 11.6. The van der Waals surface area contributed by atoms with Crippen LogP contribution in [0.4, 0.5) is 0 Å². The first-order chi connectivity index (χ1) is 7.31. The Morgan fingerprint density at radius 1 is 1.13 bits per heavy atom. The van der Waals surface area contributed by atoms with Crippen molar-refractivity contribution in [3.63, 3.8) is 0 Å². The third-order valence-electron chi connectivity index (χ3n) is 2.73. The van der Waals surface area contributed by atoms with Crippen molar-refractivity contribution < 1.29 is 5.11 Å². The van der Waals surface area contributed by atoms with Gasteiger partial charge in [-0.3, -0.25) is 5.11 Å². The molecule has 77 valence electrons. The molecule has 0 spiro atoms. The highest BCUT2D eigenvalue weighted by Gasteiger charge is 2.01. The zero-order chi connectivity index (χ0) is 10.7. The standard InChI is InChI=1S/C14H15O/c1-2-3-5-11-8-9-12-6-4-7-14(15)13(12)10-11/h4,6-10H,2-3,5H2,1H3. The molecule has 0 unspecified atom stereocenters. The van der Waals surface area contributed by atoms with Crippen molar-refractivity contribution >= 4 is 10.8 Å². The highest BCUT2D eigenvalue weighted by Crippen LogP contribution is 2.26. The summed E-state index contributed by atoms with van der Waals surface area (Å²) in [6.07, 6.45) is 3.45. The number of benzene rings is 2. The Balaban J connectivity index is 2.41. The second kappa shape index (κ2) is 4.35. The first-order valence-corrected chi connectivity index (χ1v) is 5.50. The number of aryl methyl sites for hydroxylation is 1. The van der Waals surface area contributed by atoms with E-state index in [1.807, 2.05) is 24.3 Å². The van der Waals surface area contributed by atoms with Crippen molar-refractivity contribution in [1.82, 2.24) is 0 Å². The Morgan fingerprint density at radius 2 is 2.00 bits per heavy atom. The van der Waals surface area contributed by atoms with Gasteiger partial charge in [0.05, 0.1) is 0 Å². The maximum Gasteiger partial charge on any atom is 0.186 e. The van der Waals surface area contributed by atoms with Crippen LogP contribution < -0.4 is 0 Å². The van der Waals surface area contributed by atoms with Crippen LogP contribution in [0.1, 0.15) is 25.3 Å². The van der Waals surface area contributed by atoms with Crippen molar-refractivity contribution in [3.8, 4) is 5.75 Å². The van der Waals surface area contributed by atoms with E-state index in [0.717, 1.165) is 17.2 Å². The van der Waals surface area contributed by atoms with Gasteiger partial charge in [0.2, 0.25) is 0 Å². The number of hydrogen-bond acceptors (Lipinski definition) is 0. The summed E-state index contributed by atoms with van der Waals surface area (Å²) in [5, 5.41) is 13.5. The van der Waals surface area contributed by atoms with Gasteiger partial charge in [-0.1, -0.05) is 37.6 Å². The highest BCUT2D eigenvalue weighted by atomic mass is 16.3. The summed E-state index contributed by atoms with van der Waals surface area (Å²) in [5.74, 6) is 0.130. The van der Waals surface area contributed by atoms with E-state index in [2.05, 4.69) is 13.0 Å². The van der Waals surface area contributed by atoms with Crippen molar-refractivity contribution in [1.29, 1.82) is 0 Å². The van der Waals surface area contributed by atoms with E-state index in [4.69, 9.17) is 0 Å². The minimum atomic E-state index is 0.130. The lowest BCUT2D eigenvalue weighted by Gasteiger charge is -2.03. The summed E-state index contributed by atoms with van der Waals surface area (Å²) < 4.78 is 0. The van der Waals surface area contributed by atoms with Gasteiger partial charge in [0.1, 0.15) is 0 Å². The number of fused-ring (bicyclic) bond motifs is 1. The van der Waals surface area contributed by atoms with E-state index in [1.54, 1.807) is 6.07 Å². The summed E-state index contributed by atoms with van der Waals surface area (Å²) in [4.78, 5) is 0. The Kier molecular flexibility index (Phi) is 2.91. The molecular formula is C14H15O. The molecule has 1 heteroatoms. The molecule has 0 amide bonds. The van der Waals surface area contributed by atoms with Gasteiger partial charge in [-0.2, -0.15) is 0 Å². The molecule has 15 heavy (non-hydrogen) atoms. The summed E-state index contributed by atoms with van der Waals surface area (Å²) in [7, 11) is 0. The normalized spacial score (nSPS) is 10.7. The van der Waals surface area contributed by atoms with Crippen LogP contribution in [0.5, 0.6) is 5.75 Å². The minimum absolute atomic E-state index is 0.130. The lowest BCUT2D eigenvalue weighted by atomic mass is 10.0. The van der Waals surface area contributed by atoms with Crippen LogP contribution in [0.25, 0.3) is 10.8 Å². The lowest BCUT2D eigenvalue weighted by Crippen LogP contribution is -1.84. The lowest BCUT2D eigenvalue weighted by molar-refractivity contribution is 0.360. The second-order valence-corrected chi connectivity index (χ2v) is 3.92. The van der Waals surface area contributed by atoms with E-state index in [9.17, 15) is 5.11 Å². The topological polar surface area (TPSA) is 19.9 Å². The Bertz CT molecular complexity index is 460. The van der Waals surface area contributed by atoms with Gasteiger partial charge in [0.15, 0.2) is 5.75 Å². The molecule has 0 fully saturated rings. The Morgan fingerprint density at radius 3 is 2.80 bits per heavy atom. The van der Waals surface area contributed by atoms with E-state index in [0.29, 0.717) is 0 Å². The molecule has 0 saturated heterocycles. The molecule has 0 aliphatic rings. The quantitative estimate of drug-likeness (QED) is 0.701. The fourth-order valence-electron chi connectivity index (χ4n) is 1.83. The Hall–Kier alpha value is -1.50. The average molecular weight is 199 g/mol.